The minimum Gasteiger partial charge on any atom is -0.328 e. The molecule has 2 unspecified atom stereocenters. The summed E-state index contributed by atoms with van der Waals surface area (Å²) in [5.41, 5.74) is 6.18. The second-order valence-electron chi connectivity index (χ2n) is 7.30. The lowest BCUT2D eigenvalue weighted by Gasteiger charge is -2.48. The molecule has 0 aromatic heterocycles. The average molecular weight is 266 g/mol. The van der Waals surface area contributed by atoms with Gasteiger partial charge in [-0.3, -0.25) is 4.90 Å². The largest absolute Gasteiger partial charge is 0.328 e. The summed E-state index contributed by atoms with van der Waals surface area (Å²) in [6, 6.07) is 2.12. The van der Waals surface area contributed by atoms with Gasteiger partial charge in [-0.05, 0) is 44.6 Å². The average Bonchev–Trinajstić information content (AvgIpc) is 2.33. The fraction of sp³-hybridized carbons (Fsp3) is 1.00. The highest BCUT2D eigenvalue weighted by molar-refractivity contribution is 4.93. The summed E-state index contributed by atoms with van der Waals surface area (Å²) in [5, 5.41) is 0. The number of nitrogens with zero attached hydrogens (tertiary/aromatic N) is 1. The van der Waals surface area contributed by atoms with Gasteiger partial charge < -0.3 is 5.73 Å². The van der Waals surface area contributed by atoms with Crippen LogP contribution < -0.4 is 5.73 Å². The van der Waals surface area contributed by atoms with E-state index in [0.717, 1.165) is 18.0 Å². The van der Waals surface area contributed by atoms with Crippen molar-refractivity contribution in [1.29, 1.82) is 0 Å². The zero-order valence-electron chi connectivity index (χ0n) is 13.1. The van der Waals surface area contributed by atoms with E-state index in [1.165, 1.54) is 70.8 Å². The highest BCUT2D eigenvalue weighted by atomic mass is 15.2. The lowest BCUT2D eigenvalue weighted by atomic mass is 9.82. The van der Waals surface area contributed by atoms with Crippen LogP contribution in [0.25, 0.3) is 0 Å². The van der Waals surface area contributed by atoms with Crippen LogP contribution in [-0.2, 0) is 0 Å². The molecule has 0 spiro atoms. The molecular formula is C17H34N2. The quantitative estimate of drug-likeness (QED) is 0.707. The summed E-state index contributed by atoms with van der Waals surface area (Å²) >= 11 is 0. The Kier molecular flexibility index (Phi) is 6.15. The Hall–Kier alpha value is -0.0800. The molecule has 0 radical (unpaired) electrons. The van der Waals surface area contributed by atoms with Gasteiger partial charge in [0.25, 0.3) is 0 Å². The third kappa shape index (κ3) is 4.75. The molecule has 2 N–H and O–H groups in total. The zero-order valence-corrected chi connectivity index (χ0v) is 13.1. The lowest BCUT2D eigenvalue weighted by Crippen LogP contribution is -2.55. The number of hydrogen-bond donors (Lipinski definition) is 1. The van der Waals surface area contributed by atoms with Gasteiger partial charge >= 0.3 is 0 Å². The van der Waals surface area contributed by atoms with Crippen molar-refractivity contribution in [2.75, 3.05) is 6.54 Å². The summed E-state index contributed by atoms with van der Waals surface area (Å²) in [7, 11) is 0. The van der Waals surface area contributed by atoms with Crippen molar-refractivity contribution in [1.82, 2.24) is 4.90 Å². The normalized spacial score (nSPS) is 31.9. The van der Waals surface area contributed by atoms with Crippen molar-refractivity contribution in [3.8, 4) is 0 Å². The standard InChI is InChI=1S/C17H34N2/c1-14(2)8-5-3-4-6-11-19-16-9-7-10-17(19)13-15(18)12-16/h14-17H,3-13,18H2,1-2H3. The van der Waals surface area contributed by atoms with Crippen LogP contribution in [0.5, 0.6) is 0 Å². The van der Waals surface area contributed by atoms with Gasteiger partial charge in [0.05, 0.1) is 0 Å². The molecule has 2 aliphatic rings. The van der Waals surface area contributed by atoms with Crippen molar-refractivity contribution >= 4 is 0 Å². The smallest absolute Gasteiger partial charge is 0.0113 e. The maximum absolute atomic E-state index is 6.18. The van der Waals surface area contributed by atoms with E-state index in [2.05, 4.69) is 18.7 Å². The highest BCUT2D eigenvalue weighted by Crippen LogP contribution is 2.33. The number of nitrogens with two attached hydrogens (primary N) is 1. The first kappa shape index (κ1) is 15.3. The van der Waals surface area contributed by atoms with E-state index in [1.54, 1.807) is 0 Å². The van der Waals surface area contributed by atoms with Gasteiger partial charge in [-0.25, -0.2) is 0 Å². The number of hydrogen-bond acceptors (Lipinski definition) is 2. The van der Waals surface area contributed by atoms with Crippen molar-refractivity contribution in [2.45, 2.75) is 96.2 Å². The summed E-state index contributed by atoms with van der Waals surface area (Å²) in [6.07, 6.45) is 13.8. The van der Waals surface area contributed by atoms with E-state index in [1.807, 2.05) is 0 Å². The number of piperidine rings is 2. The minimum atomic E-state index is 0.484. The van der Waals surface area contributed by atoms with Gasteiger partial charge in [0.15, 0.2) is 0 Å². The van der Waals surface area contributed by atoms with Gasteiger partial charge in [0.2, 0.25) is 0 Å². The molecule has 2 heteroatoms. The highest BCUT2D eigenvalue weighted by Gasteiger charge is 2.36. The van der Waals surface area contributed by atoms with E-state index in [4.69, 9.17) is 5.73 Å². The molecule has 2 rings (SSSR count). The molecule has 0 aromatic carbocycles. The number of rotatable bonds is 7. The number of unbranched alkanes of at least 4 members (excludes halogenated alkanes) is 3. The van der Waals surface area contributed by atoms with Crippen LogP contribution in [0.15, 0.2) is 0 Å². The summed E-state index contributed by atoms with van der Waals surface area (Å²) < 4.78 is 0. The van der Waals surface area contributed by atoms with Crippen LogP contribution >= 0.6 is 0 Å². The summed E-state index contributed by atoms with van der Waals surface area (Å²) in [4.78, 5) is 2.81. The van der Waals surface area contributed by atoms with Gasteiger partial charge in [0.1, 0.15) is 0 Å². The Morgan fingerprint density at radius 1 is 1.00 bits per heavy atom. The van der Waals surface area contributed by atoms with Crippen LogP contribution in [0.1, 0.15) is 78.1 Å². The lowest BCUT2D eigenvalue weighted by molar-refractivity contribution is 0.0302. The molecule has 0 saturated carbocycles. The molecule has 2 atom stereocenters. The van der Waals surface area contributed by atoms with Crippen LogP contribution in [-0.4, -0.2) is 29.6 Å². The van der Waals surface area contributed by atoms with Crippen molar-refractivity contribution < 1.29 is 0 Å². The monoisotopic (exact) mass is 266 g/mol. The fourth-order valence-corrected chi connectivity index (χ4v) is 4.09. The van der Waals surface area contributed by atoms with Gasteiger partial charge in [-0.2, -0.15) is 0 Å². The predicted octanol–water partition coefficient (Wildman–Crippen LogP) is 3.94. The zero-order chi connectivity index (χ0) is 13.7. The fourth-order valence-electron chi connectivity index (χ4n) is 4.09. The first-order valence-corrected chi connectivity index (χ1v) is 8.68. The molecule has 112 valence electrons. The summed E-state index contributed by atoms with van der Waals surface area (Å²) in [6.45, 7) is 6.00. The SMILES string of the molecule is CC(C)CCCCCCN1C2CCCC1CC(N)C2. The maximum Gasteiger partial charge on any atom is 0.0113 e. The Labute approximate surface area is 120 Å². The second kappa shape index (κ2) is 7.64. The van der Waals surface area contributed by atoms with E-state index < -0.39 is 0 Å². The molecule has 0 aliphatic carbocycles. The third-order valence-corrected chi connectivity index (χ3v) is 5.11. The Morgan fingerprint density at radius 2 is 1.63 bits per heavy atom. The van der Waals surface area contributed by atoms with Crippen molar-refractivity contribution in [3.05, 3.63) is 0 Å². The topological polar surface area (TPSA) is 29.3 Å². The number of fused-ring (bicyclic) bond motifs is 2. The van der Waals surface area contributed by atoms with Gasteiger partial charge in [-0.1, -0.05) is 46.0 Å². The molecule has 0 amide bonds. The van der Waals surface area contributed by atoms with Crippen LogP contribution in [0.4, 0.5) is 0 Å². The molecule has 2 bridgehead atoms. The maximum atomic E-state index is 6.18. The molecule has 2 aliphatic heterocycles. The first-order chi connectivity index (χ1) is 9.16. The van der Waals surface area contributed by atoms with Crippen LogP contribution in [0, 0.1) is 5.92 Å². The predicted molar refractivity (Wildman–Crippen MR) is 83.3 cm³/mol. The van der Waals surface area contributed by atoms with E-state index in [-0.39, 0.29) is 0 Å². The third-order valence-electron chi connectivity index (χ3n) is 5.11. The molecule has 19 heavy (non-hydrogen) atoms. The van der Waals surface area contributed by atoms with Crippen LogP contribution in [0.3, 0.4) is 0 Å². The summed E-state index contributed by atoms with van der Waals surface area (Å²) in [5.74, 6) is 0.878. The van der Waals surface area contributed by atoms with Crippen LogP contribution in [0.2, 0.25) is 0 Å². The molecular weight excluding hydrogens is 232 g/mol. The Morgan fingerprint density at radius 3 is 2.26 bits per heavy atom. The molecule has 2 nitrogen and oxygen atoms in total. The second-order valence-corrected chi connectivity index (χ2v) is 7.30. The Bertz CT molecular complexity index is 238. The molecule has 2 heterocycles. The van der Waals surface area contributed by atoms with Crippen molar-refractivity contribution in [3.63, 3.8) is 0 Å². The van der Waals surface area contributed by atoms with E-state index in [9.17, 15) is 0 Å². The molecule has 0 aromatic rings. The van der Waals surface area contributed by atoms with E-state index in [0.29, 0.717) is 6.04 Å². The Balaban J connectivity index is 1.62. The first-order valence-electron chi connectivity index (χ1n) is 8.68. The molecule has 2 saturated heterocycles. The minimum absolute atomic E-state index is 0.484. The van der Waals surface area contributed by atoms with Gasteiger partial charge in [-0.15, -0.1) is 0 Å². The van der Waals surface area contributed by atoms with Crippen molar-refractivity contribution in [2.24, 2.45) is 11.7 Å². The van der Waals surface area contributed by atoms with E-state index >= 15 is 0 Å². The van der Waals surface area contributed by atoms with Gasteiger partial charge in [0, 0.05) is 18.1 Å². The molecule has 2 fully saturated rings.